The summed E-state index contributed by atoms with van der Waals surface area (Å²) in [7, 11) is 1.09. The van der Waals surface area contributed by atoms with E-state index in [9.17, 15) is 23.1 Å². The summed E-state index contributed by atoms with van der Waals surface area (Å²) in [5, 5.41) is 9.77. The van der Waals surface area contributed by atoms with Gasteiger partial charge >= 0.3 is 12.1 Å². The predicted octanol–water partition coefficient (Wildman–Crippen LogP) is 1.92. The normalized spacial score (nSPS) is 13.1. The van der Waals surface area contributed by atoms with E-state index in [1.165, 1.54) is 6.20 Å². The standard InChI is InChI=1S/C12H15F3N2O2/c1-17(11(19)12(13,14)15)7-3-5-10(18)9-4-2-6-16-8-9/h2,4,6,8,10,18H,3,5,7H2,1H3/t10-/m0/s1. The van der Waals surface area contributed by atoms with Crippen molar-refractivity contribution in [2.75, 3.05) is 13.6 Å². The minimum atomic E-state index is -4.85. The van der Waals surface area contributed by atoms with Crippen LogP contribution in [0.5, 0.6) is 0 Å². The van der Waals surface area contributed by atoms with Gasteiger partial charge in [0, 0.05) is 26.0 Å². The van der Waals surface area contributed by atoms with Gasteiger partial charge in [-0.2, -0.15) is 13.2 Å². The maximum atomic E-state index is 12.1. The van der Waals surface area contributed by atoms with Gasteiger partial charge in [-0.25, -0.2) is 0 Å². The molecule has 0 radical (unpaired) electrons. The van der Waals surface area contributed by atoms with Crippen molar-refractivity contribution in [2.45, 2.75) is 25.1 Å². The van der Waals surface area contributed by atoms with Gasteiger partial charge in [0.1, 0.15) is 0 Å². The molecule has 0 spiro atoms. The van der Waals surface area contributed by atoms with Crippen LogP contribution in [0.3, 0.4) is 0 Å². The van der Waals surface area contributed by atoms with Crippen LogP contribution in [0.15, 0.2) is 24.5 Å². The van der Waals surface area contributed by atoms with E-state index in [2.05, 4.69) is 4.98 Å². The highest BCUT2D eigenvalue weighted by Gasteiger charge is 2.40. The first-order valence-corrected chi connectivity index (χ1v) is 5.72. The molecular weight excluding hydrogens is 261 g/mol. The average molecular weight is 276 g/mol. The van der Waals surface area contributed by atoms with E-state index in [1.54, 1.807) is 18.3 Å². The third-order valence-corrected chi connectivity index (χ3v) is 2.63. The quantitative estimate of drug-likeness (QED) is 0.894. The summed E-state index contributed by atoms with van der Waals surface area (Å²) in [6, 6.07) is 3.35. The van der Waals surface area contributed by atoms with Crippen LogP contribution in [-0.4, -0.2) is 40.7 Å². The molecule has 1 atom stereocenters. The van der Waals surface area contributed by atoms with E-state index in [1.807, 2.05) is 0 Å². The van der Waals surface area contributed by atoms with Gasteiger partial charge in [0.2, 0.25) is 0 Å². The second kappa shape index (κ2) is 6.51. The Kier molecular flexibility index (Phi) is 5.29. The molecular formula is C12H15F3N2O2. The lowest BCUT2D eigenvalue weighted by atomic mass is 10.1. The lowest BCUT2D eigenvalue weighted by Crippen LogP contribution is -2.39. The van der Waals surface area contributed by atoms with Gasteiger partial charge in [0.15, 0.2) is 0 Å². The van der Waals surface area contributed by atoms with Gasteiger partial charge in [-0.05, 0) is 24.5 Å². The minimum Gasteiger partial charge on any atom is -0.388 e. The number of aliphatic hydroxyl groups excluding tert-OH is 1. The topological polar surface area (TPSA) is 53.4 Å². The zero-order valence-corrected chi connectivity index (χ0v) is 10.4. The number of amides is 1. The van der Waals surface area contributed by atoms with E-state index in [-0.39, 0.29) is 19.4 Å². The Morgan fingerprint density at radius 2 is 2.21 bits per heavy atom. The van der Waals surface area contributed by atoms with E-state index in [0.717, 1.165) is 7.05 Å². The number of carbonyl (C=O) groups excluding carboxylic acids is 1. The number of aliphatic hydroxyl groups is 1. The fourth-order valence-corrected chi connectivity index (χ4v) is 1.58. The molecule has 1 N–H and O–H groups in total. The maximum Gasteiger partial charge on any atom is 0.471 e. The van der Waals surface area contributed by atoms with Crippen molar-refractivity contribution in [3.63, 3.8) is 0 Å². The van der Waals surface area contributed by atoms with Gasteiger partial charge in [-0.3, -0.25) is 9.78 Å². The van der Waals surface area contributed by atoms with Crippen molar-refractivity contribution in [3.8, 4) is 0 Å². The maximum absolute atomic E-state index is 12.1. The smallest absolute Gasteiger partial charge is 0.388 e. The van der Waals surface area contributed by atoms with Crippen LogP contribution < -0.4 is 0 Å². The summed E-state index contributed by atoms with van der Waals surface area (Å²) < 4.78 is 36.3. The number of carbonyl (C=O) groups is 1. The van der Waals surface area contributed by atoms with Crippen LogP contribution in [0.4, 0.5) is 13.2 Å². The highest BCUT2D eigenvalue weighted by atomic mass is 19.4. The Morgan fingerprint density at radius 1 is 1.53 bits per heavy atom. The first kappa shape index (κ1) is 15.4. The number of hydrogen-bond donors (Lipinski definition) is 1. The second-order valence-corrected chi connectivity index (χ2v) is 4.17. The van der Waals surface area contributed by atoms with Crippen molar-refractivity contribution < 1.29 is 23.1 Å². The van der Waals surface area contributed by atoms with Crippen LogP contribution in [0, 0.1) is 0 Å². The van der Waals surface area contributed by atoms with Crippen molar-refractivity contribution in [2.24, 2.45) is 0 Å². The Bertz CT molecular complexity index is 409. The number of rotatable bonds is 5. The molecule has 1 aromatic heterocycles. The summed E-state index contributed by atoms with van der Waals surface area (Å²) in [6.07, 6.45) is -2.05. The fraction of sp³-hybridized carbons (Fsp3) is 0.500. The average Bonchev–Trinajstić information content (AvgIpc) is 2.37. The predicted molar refractivity (Wildman–Crippen MR) is 62.1 cm³/mol. The van der Waals surface area contributed by atoms with E-state index in [0.29, 0.717) is 10.5 Å². The molecule has 0 saturated heterocycles. The molecule has 0 aliphatic rings. The van der Waals surface area contributed by atoms with Crippen LogP contribution in [0.25, 0.3) is 0 Å². The summed E-state index contributed by atoms with van der Waals surface area (Å²) in [5.41, 5.74) is 0.604. The SMILES string of the molecule is CN(CCC[C@H](O)c1cccnc1)C(=O)C(F)(F)F. The third-order valence-electron chi connectivity index (χ3n) is 2.63. The summed E-state index contributed by atoms with van der Waals surface area (Å²) >= 11 is 0. The number of alkyl halides is 3. The first-order chi connectivity index (χ1) is 8.82. The molecule has 0 aliphatic heterocycles. The van der Waals surface area contributed by atoms with Crippen molar-refractivity contribution in [1.82, 2.24) is 9.88 Å². The molecule has 0 bridgehead atoms. The molecule has 0 aliphatic carbocycles. The Hall–Kier alpha value is -1.63. The Morgan fingerprint density at radius 3 is 2.74 bits per heavy atom. The zero-order valence-electron chi connectivity index (χ0n) is 10.4. The molecule has 1 aromatic rings. The number of hydrogen-bond acceptors (Lipinski definition) is 3. The molecule has 0 fully saturated rings. The van der Waals surface area contributed by atoms with Gasteiger partial charge in [0.05, 0.1) is 6.10 Å². The van der Waals surface area contributed by atoms with Gasteiger partial charge in [-0.15, -0.1) is 0 Å². The Balaban J connectivity index is 2.37. The minimum absolute atomic E-state index is 0.0599. The summed E-state index contributed by atoms with van der Waals surface area (Å²) in [6.45, 7) is -0.0599. The zero-order chi connectivity index (χ0) is 14.5. The van der Waals surface area contributed by atoms with Crippen LogP contribution in [0.1, 0.15) is 24.5 Å². The molecule has 4 nitrogen and oxygen atoms in total. The van der Waals surface area contributed by atoms with Crippen LogP contribution in [-0.2, 0) is 4.79 Å². The number of nitrogens with zero attached hydrogens (tertiary/aromatic N) is 2. The van der Waals surface area contributed by atoms with E-state index in [4.69, 9.17) is 0 Å². The fourth-order valence-electron chi connectivity index (χ4n) is 1.58. The van der Waals surface area contributed by atoms with Crippen molar-refractivity contribution in [1.29, 1.82) is 0 Å². The monoisotopic (exact) mass is 276 g/mol. The second-order valence-electron chi connectivity index (χ2n) is 4.17. The van der Waals surface area contributed by atoms with Crippen molar-refractivity contribution in [3.05, 3.63) is 30.1 Å². The molecule has 0 saturated carbocycles. The van der Waals surface area contributed by atoms with Crippen LogP contribution in [0.2, 0.25) is 0 Å². The third kappa shape index (κ3) is 4.86. The first-order valence-electron chi connectivity index (χ1n) is 5.72. The van der Waals surface area contributed by atoms with E-state index < -0.39 is 18.2 Å². The highest BCUT2D eigenvalue weighted by molar-refractivity contribution is 5.81. The molecule has 7 heteroatoms. The highest BCUT2D eigenvalue weighted by Crippen LogP contribution is 2.20. The lowest BCUT2D eigenvalue weighted by molar-refractivity contribution is -0.184. The molecule has 0 aromatic carbocycles. The molecule has 1 amide bonds. The van der Waals surface area contributed by atoms with Gasteiger partial charge in [-0.1, -0.05) is 6.07 Å². The molecule has 0 unspecified atom stereocenters. The largest absolute Gasteiger partial charge is 0.471 e. The number of aromatic nitrogens is 1. The molecule has 106 valence electrons. The van der Waals surface area contributed by atoms with Crippen LogP contribution >= 0.6 is 0 Å². The number of pyridine rings is 1. The molecule has 1 heterocycles. The van der Waals surface area contributed by atoms with Crippen molar-refractivity contribution >= 4 is 5.91 Å². The molecule has 1 rings (SSSR count). The Labute approximate surface area is 108 Å². The lowest BCUT2D eigenvalue weighted by Gasteiger charge is -2.19. The summed E-state index contributed by atoms with van der Waals surface area (Å²) in [4.78, 5) is 15.3. The number of halogens is 3. The molecule has 19 heavy (non-hydrogen) atoms. The van der Waals surface area contributed by atoms with Gasteiger partial charge < -0.3 is 10.0 Å². The van der Waals surface area contributed by atoms with E-state index >= 15 is 0 Å². The summed E-state index contributed by atoms with van der Waals surface area (Å²) in [5.74, 6) is -1.87. The van der Waals surface area contributed by atoms with Gasteiger partial charge in [0.25, 0.3) is 0 Å².